The fraction of sp³-hybridized carbons (Fsp3) is 0.682. The molecule has 0 saturated carbocycles. The third-order valence-electron chi connectivity index (χ3n) is 4.88. The number of guanidine groups is 1. The van der Waals surface area contributed by atoms with Crippen molar-refractivity contribution < 1.29 is 18.6 Å². The summed E-state index contributed by atoms with van der Waals surface area (Å²) >= 11 is 0. The van der Waals surface area contributed by atoms with Crippen molar-refractivity contribution in [3.8, 4) is 0 Å². The van der Waals surface area contributed by atoms with Crippen molar-refractivity contribution in [1.29, 1.82) is 0 Å². The summed E-state index contributed by atoms with van der Waals surface area (Å²) in [4.78, 5) is 6.72. The van der Waals surface area contributed by atoms with E-state index in [2.05, 4.69) is 34.4 Å². The highest BCUT2D eigenvalue weighted by atomic mass is 19.2. The topological polar surface area (TPSA) is 69.1 Å². The molecule has 1 aromatic carbocycles. The van der Waals surface area contributed by atoms with E-state index in [0.717, 1.165) is 38.0 Å². The van der Waals surface area contributed by atoms with Crippen LogP contribution in [0.4, 0.5) is 8.78 Å². The largest absolute Gasteiger partial charge is 0.389 e. The average molecular weight is 427 g/mol. The number of rotatable bonds is 10. The number of aliphatic hydroxyl groups is 1. The normalized spacial score (nSPS) is 17.4. The molecule has 0 aliphatic carbocycles. The lowest BCUT2D eigenvalue weighted by atomic mass is 10.0. The van der Waals surface area contributed by atoms with Crippen LogP contribution in [-0.2, 0) is 11.3 Å². The zero-order valence-corrected chi connectivity index (χ0v) is 18.3. The number of hydrogen-bond acceptors (Lipinski definition) is 4. The smallest absolute Gasteiger partial charge is 0.191 e. The Balaban J connectivity index is 1.76. The number of nitrogens with zero attached hydrogens (tertiary/aromatic N) is 2. The molecule has 0 radical (unpaired) electrons. The zero-order chi connectivity index (χ0) is 21.9. The Morgan fingerprint density at radius 3 is 2.60 bits per heavy atom. The van der Waals surface area contributed by atoms with Crippen LogP contribution in [0.3, 0.4) is 0 Å². The highest BCUT2D eigenvalue weighted by molar-refractivity contribution is 5.80. The number of aliphatic hydroxyl groups excluding tert-OH is 1. The summed E-state index contributed by atoms with van der Waals surface area (Å²) in [6, 6.07) is 4.36. The number of likely N-dealkylation sites (tertiary alicyclic amines) is 1. The summed E-state index contributed by atoms with van der Waals surface area (Å²) in [5.74, 6) is -0.479. The van der Waals surface area contributed by atoms with Crippen LogP contribution in [0.1, 0.15) is 39.2 Å². The van der Waals surface area contributed by atoms with Crippen molar-refractivity contribution in [3.05, 3.63) is 35.4 Å². The minimum absolute atomic E-state index is 0.276. The fourth-order valence-corrected chi connectivity index (χ4v) is 3.33. The van der Waals surface area contributed by atoms with Gasteiger partial charge in [-0.3, -0.25) is 9.89 Å². The van der Waals surface area contributed by atoms with Crippen LogP contribution >= 0.6 is 0 Å². The highest BCUT2D eigenvalue weighted by Crippen LogP contribution is 2.16. The molecule has 8 heteroatoms. The van der Waals surface area contributed by atoms with Gasteiger partial charge in [0.15, 0.2) is 17.6 Å². The molecule has 30 heavy (non-hydrogen) atoms. The summed E-state index contributed by atoms with van der Waals surface area (Å²) in [6.07, 6.45) is 1.22. The summed E-state index contributed by atoms with van der Waals surface area (Å²) in [7, 11) is 0. The van der Waals surface area contributed by atoms with Crippen molar-refractivity contribution in [2.75, 3.05) is 39.4 Å². The summed E-state index contributed by atoms with van der Waals surface area (Å²) in [5, 5.41) is 16.7. The molecule has 1 aromatic rings. The van der Waals surface area contributed by atoms with Crippen LogP contribution in [-0.4, -0.2) is 67.5 Å². The van der Waals surface area contributed by atoms with Gasteiger partial charge >= 0.3 is 0 Å². The van der Waals surface area contributed by atoms with Gasteiger partial charge in [0.25, 0.3) is 0 Å². The fourth-order valence-electron chi connectivity index (χ4n) is 3.33. The van der Waals surface area contributed by atoms with Gasteiger partial charge < -0.3 is 20.5 Å². The Hall–Kier alpha value is -1.77. The molecule has 1 heterocycles. The molecule has 1 unspecified atom stereocenters. The van der Waals surface area contributed by atoms with E-state index < -0.39 is 17.7 Å². The monoisotopic (exact) mass is 426 g/mol. The molecular formula is C22H36F2N4O2. The van der Waals surface area contributed by atoms with Crippen LogP contribution in [0, 0.1) is 17.6 Å². The van der Waals surface area contributed by atoms with Crippen molar-refractivity contribution in [1.82, 2.24) is 15.5 Å². The van der Waals surface area contributed by atoms with Crippen molar-refractivity contribution in [2.24, 2.45) is 10.9 Å². The molecule has 1 atom stereocenters. The summed E-state index contributed by atoms with van der Waals surface area (Å²) in [6.45, 7) is 10.4. The second kappa shape index (κ2) is 12.8. The number of hydrogen-bond donors (Lipinski definition) is 3. The first-order chi connectivity index (χ1) is 14.4. The molecule has 0 amide bonds. The van der Waals surface area contributed by atoms with Crippen LogP contribution < -0.4 is 10.6 Å². The second-order valence-electron chi connectivity index (χ2n) is 8.25. The van der Waals surface area contributed by atoms with Gasteiger partial charge in [-0.2, -0.15) is 0 Å². The number of nitrogens with one attached hydrogen (secondary N) is 2. The first-order valence-corrected chi connectivity index (χ1v) is 10.8. The number of aliphatic imine (C=N–C) groups is 1. The minimum Gasteiger partial charge on any atom is -0.389 e. The first-order valence-electron chi connectivity index (χ1n) is 10.8. The Bertz CT molecular complexity index is 665. The molecule has 1 fully saturated rings. The molecule has 170 valence electrons. The van der Waals surface area contributed by atoms with Crippen molar-refractivity contribution in [3.63, 3.8) is 0 Å². The van der Waals surface area contributed by atoms with E-state index in [9.17, 15) is 13.9 Å². The molecule has 1 aliphatic rings. The molecule has 0 aromatic heterocycles. The Kier molecular flexibility index (Phi) is 10.5. The van der Waals surface area contributed by atoms with E-state index in [-0.39, 0.29) is 19.2 Å². The molecule has 6 nitrogen and oxygen atoms in total. The maximum Gasteiger partial charge on any atom is 0.191 e. The van der Waals surface area contributed by atoms with E-state index in [4.69, 9.17) is 4.74 Å². The SMILES string of the molecule is CCNC(=NCC(O)COCC(C)C)NC1CCN(Cc2ccc(F)c(F)c2)CC1. The Morgan fingerprint density at radius 2 is 1.97 bits per heavy atom. The van der Waals surface area contributed by atoms with Gasteiger partial charge in [-0.1, -0.05) is 19.9 Å². The molecule has 0 bridgehead atoms. The third-order valence-corrected chi connectivity index (χ3v) is 4.88. The van der Waals surface area contributed by atoms with Crippen LogP contribution in [0.25, 0.3) is 0 Å². The molecular weight excluding hydrogens is 390 g/mol. The molecule has 3 N–H and O–H groups in total. The Labute approximate surface area is 178 Å². The van der Waals surface area contributed by atoms with E-state index in [0.29, 0.717) is 25.0 Å². The minimum atomic E-state index is -0.812. The summed E-state index contributed by atoms with van der Waals surface area (Å²) in [5.41, 5.74) is 0.781. The maximum absolute atomic E-state index is 13.4. The van der Waals surface area contributed by atoms with Gasteiger partial charge in [-0.25, -0.2) is 8.78 Å². The third kappa shape index (κ3) is 8.93. The lowest BCUT2D eigenvalue weighted by Crippen LogP contribution is -2.48. The van der Waals surface area contributed by atoms with Gasteiger partial charge in [0.1, 0.15) is 0 Å². The van der Waals surface area contributed by atoms with Gasteiger partial charge in [0, 0.05) is 38.8 Å². The van der Waals surface area contributed by atoms with Gasteiger partial charge in [-0.15, -0.1) is 0 Å². The van der Waals surface area contributed by atoms with Crippen LogP contribution in [0.2, 0.25) is 0 Å². The zero-order valence-electron chi connectivity index (χ0n) is 18.3. The molecule has 2 rings (SSSR count). The second-order valence-corrected chi connectivity index (χ2v) is 8.25. The summed E-state index contributed by atoms with van der Waals surface area (Å²) < 4.78 is 31.9. The van der Waals surface area contributed by atoms with Crippen LogP contribution in [0.5, 0.6) is 0 Å². The Morgan fingerprint density at radius 1 is 1.23 bits per heavy atom. The van der Waals surface area contributed by atoms with E-state index in [1.807, 2.05) is 6.92 Å². The quantitative estimate of drug-likeness (QED) is 0.396. The predicted molar refractivity (Wildman–Crippen MR) is 115 cm³/mol. The van der Waals surface area contributed by atoms with Gasteiger partial charge in [0.05, 0.1) is 19.3 Å². The maximum atomic E-state index is 13.4. The number of benzene rings is 1. The number of piperidine rings is 1. The standard InChI is InChI=1S/C22H36F2N4O2/c1-4-25-22(26-12-19(29)15-30-14-16(2)3)27-18-7-9-28(10-8-18)13-17-5-6-20(23)21(24)11-17/h5-6,11,16,18-19,29H,4,7-10,12-15H2,1-3H3,(H2,25,26,27). The highest BCUT2D eigenvalue weighted by Gasteiger charge is 2.20. The average Bonchev–Trinajstić information content (AvgIpc) is 2.70. The van der Waals surface area contributed by atoms with Gasteiger partial charge in [-0.05, 0) is 43.4 Å². The van der Waals surface area contributed by atoms with E-state index >= 15 is 0 Å². The van der Waals surface area contributed by atoms with Crippen molar-refractivity contribution in [2.45, 2.75) is 52.3 Å². The predicted octanol–water partition coefficient (Wildman–Crippen LogP) is 2.52. The van der Waals surface area contributed by atoms with Crippen LogP contribution in [0.15, 0.2) is 23.2 Å². The first kappa shape index (κ1) is 24.5. The number of halogens is 2. The van der Waals surface area contributed by atoms with E-state index in [1.165, 1.54) is 12.1 Å². The molecule has 1 aliphatic heterocycles. The lowest BCUT2D eigenvalue weighted by Gasteiger charge is -2.33. The van der Waals surface area contributed by atoms with E-state index in [1.54, 1.807) is 6.07 Å². The molecule has 1 saturated heterocycles. The van der Waals surface area contributed by atoms with Crippen molar-refractivity contribution >= 4 is 5.96 Å². The number of ether oxygens (including phenoxy) is 1. The lowest BCUT2D eigenvalue weighted by molar-refractivity contribution is 0.0301. The molecule has 0 spiro atoms. The van der Waals surface area contributed by atoms with Gasteiger partial charge in [0.2, 0.25) is 0 Å².